The molecule has 2 aromatic rings. The van der Waals surface area contributed by atoms with Crippen molar-refractivity contribution in [3.8, 4) is 0 Å². The van der Waals surface area contributed by atoms with Crippen LogP contribution in [0.5, 0.6) is 0 Å². The first-order chi connectivity index (χ1) is 11.5. The number of allylic oxidation sites excluding steroid dienone is 1. The maximum atomic E-state index is 12.7. The Kier molecular flexibility index (Phi) is 4.38. The molecule has 124 valence electrons. The third-order valence-electron chi connectivity index (χ3n) is 4.20. The minimum absolute atomic E-state index is 0.0526. The lowest BCUT2D eigenvalue weighted by molar-refractivity contribution is -0.111. The van der Waals surface area contributed by atoms with E-state index in [2.05, 4.69) is 12.2 Å². The van der Waals surface area contributed by atoms with Gasteiger partial charge in [0.25, 0.3) is 5.91 Å². The average molecular weight is 322 g/mol. The first kappa shape index (κ1) is 16.2. The van der Waals surface area contributed by atoms with Crippen molar-refractivity contribution in [2.24, 2.45) is 0 Å². The van der Waals surface area contributed by atoms with E-state index in [-0.39, 0.29) is 11.8 Å². The van der Waals surface area contributed by atoms with Gasteiger partial charge in [0.2, 0.25) is 5.91 Å². The summed E-state index contributed by atoms with van der Waals surface area (Å²) in [6.45, 7) is 6.61. The molecule has 1 N–H and O–H groups in total. The predicted octanol–water partition coefficient (Wildman–Crippen LogP) is 4.50. The van der Waals surface area contributed by atoms with Crippen molar-refractivity contribution in [3.63, 3.8) is 0 Å². The topological polar surface area (TPSA) is 49.4 Å². The molecule has 0 saturated heterocycles. The van der Waals surface area contributed by atoms with Crippen LogP contribution in [0.15, 0.2) is 42.0 Å². The minimum atomic E-state index is -0.150. The van der Waals surface area contributed by atoms with Gasteiger partial charge >= 0.3 is 0 Å². The number of benzene rings is 2. The largest absolute Gasteiger partial charge is 0.322 e. The van der Waals surface area contributed by atoms with Crippen LogP contribution in [0.4, 0.5) is 11.4 Å². The molecule has 0 saturated carbocycles. The van der Waals surface area contributed by atoms with E-state index in [0.717, 1.165) is 52.7 Å². The van der Waals surface area contributed by atoms with Crippen LogP contribution in [0.2, 0.25) is 0 Å². The third kappa shape index (κ3) is 2.80. The van der Waals surface area contributed by atoms with E-state index >= 15 is 0 Å². The van der Waals surface area contributed by atoms with Gasteiger partial charge in [-0.25, -0.2) is 0 Å². The van der Waals surface area contributed by atoms with E-state index in [1.165, 1.54) is 0 Å². The molecule has 4 nitrogen and oxygen atoms in total. The molecule has 0 unspecified atom stereocenters. The standard InChI is InChI=1S/C20H22N2O2/c1-4-5-11-22-17-10-9-16(21-18(23)12-13(2)3)14-7-6-8-15(19(14)17)20(22)24/h6-10,12H,4-5,11H2,1-3H3,(H,21,23). The molecular formula is C20H22N2O2. The number of rotatable bonds is 5. The SMILES string of the molecule is CCCCN1C(=O)c2cccc3c(NC(=O)C=C(C)C)ccc1c23. The number of hydrogen-bond donors (Lipinski definition) is 1. The Hall–Kier alpha value is -2.62. The number of unbranched alkanes of at least 4 members (excludes halogenated alkanes) is 1. The van der Waals surface area contributed by atoms with Crippen molar-refractivity contribution in [1.29, 1.82) is 0 Å². The maximum absolute atomic E-state index is 12.7. The van der Waals surface area contributed by atoms with E-state index in [9.17, 15) is 9.59 Å². The van der Waals surface area contributed by atoms with E-state index in [4.69, 9.17) is 0 Å². The summed E-state index contributed by atoms with van der Waals surface area (Å²) in [6.07, 6.45) is 3.59. The number of hydrogen-bond acceptors (Lipinski definition) is 2. The van der Waals surface area contributed by atoms with Crippen molar-refractivity contribution in [1.82, 2.24) is 0 Å². The highest BCUT2D eigenvalue weighted by molar-refractivity contribution is 6.27. The van der Waals surface area contributed by atoms with Gasteiger partial charge in [0.1, 0.15) is 0 Å². The molecule has 1 heterocycles. The van der Waals surface area contributed by atoms with Crippen LogP contribution in [-0.2, 0) is 4.79 Å². The molecule has 3 rings (SSSR count). The van der Waals surface area contributed by atoms with Gasteiger partial charge in [-0.15, -0.1) is 0 Å². The van der Waals surface area contributed by atoms with Gasteiger partial charge in [0, 0.05) is 34.6 Å². The summed E-state index contributed by atoms with van der Waals surface area (Å²) in [5, 5.41) is 4.77. The summed E-state index contributed by atoms with van der Waals surface area (Å²) < 4.78 is 0. The summed E-state index contributed by atoms with van der Waals surface area (Å²) >= 11 is 0. The molecule has 0 aliphatic carbocycles. The number of nitrogens with zero attached hydrogens (tertiary/aromatic N) is 1. The second-order valence-electron chi connectivity index (χ2n) is 6.38. The van der Waals surface area contributed by atoms with Crippen molar-refractivity contribution in [2.75, 3.05) is 16.8 Å². The molecule has 1 aliphatic heterocycles. The van der Waals surface area contributed by atoms with Gasteiger partial charge < -0.3 is 10.2 Å². The van der Waals surface area contributed by atoms with Crippen LogP contribution in [0.25, 0.3) is 10.8 Å². The molecule has 0 atom stereocenters. The van der Waals surface area contributed by atoms with Crippen LogP contribution < -0.4 is 10.2 Å². The maximum Gasteiger partial charge on any atom is 0.258 e. The molecule has 1 aliphatic rings. The van der Waals surface area contributed by atoms with Crippen LogP contribution in [0.1, 0.15) is 44.0 Å². The second kappa shape index (κ2) is 6.48. The molecule has 0 radical (unpaired) electrons. The molecule has 0 fully saturated rings. The fourth-order valence-electron chi connectivity index (χ4n) is 3.12. The molecule has 0 bridgehead atoms. The molecule has 0 spiro atoms. The number of carbonyl (C=O) groups excluding carboxylic acids is 2. The number of anilines is 2. The van der Waals surface area contributed by atoms with E-state index in [1.807, 2.05) is 49.1 Å². The number of carbonyl (C=O) groups is 2. The smallest absolute Gasteiger partial charge is 0.258 e. The zero-order chi connectivity index (χ0) is 17.3. The van der Waals surface area contributed by atoms with Gasteiger partial charge in [-0.2, -0.15) is 0 Å². The zero-order valence-electron chi connectivity index (χ0n) is 14.3. The Bertz CT molecular complexity index is 848. The predicted molar refractivity (Wildman–Crippen MR) is 98.6 cm³/mol. The van der Waals surface area contributed by atoms with Crippen molar-refractivity contribution in [3.05, 3.63) is 47.5 Å². The minimum Gasteiger partial charge on any atom is -0.322 e. The average Bonchev–Trinajstić information content (AvgIpc) is 2.81. The Labute approximate surface area is 142 Å². The molecule has 2 amide bonds. The highest BCUT2D eigenvalue weighted by atomic mass is 16.2. The Balaban J connectivity index is 2.06. The van der Waals surface area contributed by atoms with Gasteiger partial charge in [-0.1, -0.05) is 31.1 Å². The first-order valence-electron chi connectivity index (χ1n) is 8.36. The summed E-state index contributed by atoms with van der Waals surface area (Å²) in [7, 11) is 0. The Morgan fingerprint density at radius 2 is 2.00 bits per heavy atom. The molecule has 0 aromatic heterocycles. The molecule has 2 aromatic carbocycles. The van der Waals surface area contributed by atoms with Crippen LogP contribution in [-0.4, -0.2) is 18.4 Å². The van der Waals surface area contributed by atoms with Crippen molar-refractivity contribution < 1.29 is 9.59 Å². The molecule has 4 heteroatoms. The van der Waals surface area contributed by atoms with Gasteiger partial charge in [0.15, 0.2) is 0 Å². The first-order valence-corrected chi connectivity index (χ1v) is 8.36. The van der Waals surface area contributed by atoms with Gasteiger partial charge in [0.05, 0.1) is 5.69 Å². The lowest BCUT2D eigenvalue weighted by atomic mass is 10.0. The quantitative estimate of drug-likeness (QED) is 0.824. The van der Waals surface area contributed by atoms with Crippen LogP contribution in [0.3, 0.4) is 0 Å². The van der Waals surface area contributed by atoms with E-state index in [1.54, 1.807) is 6.08 Å². The summed E-state index contributed by atoms with van der Waals surface area (Å²) in [5.41, 5.74) is 3.35. The van der Waals surface area contributed by atoms with E-state index < -0.39 is 0 Å². The fourth-order valence-corrected chi connectivity index (χ4v) is 3.12. The number of nitrogens with one attached hydrogen (secondary N) is 1. The third-order valence-corrected chi connectivity index (χ3v) is 4.20. The normalized spacial score (nSPS) is 12.6. The van der Waals surface area contributed by atoms with Gasteiger partial charge in [-0.3, -0.25) is 9.59 Å². The van der Waals surface area contributed by atoms with Crippen LogP contribution >= 0.6 is 0 Å². The van der Waals surface area contributed by atoms with Crippen molar-refractivity contribution in [2.45, 2.75) is 33.6 Å². The monoisotopic (exact) mass is 322 g/mol. The highest BCUT2D eigenvalue weighted by Crippen LogP contribution is 2.40. The summed E-state index contributed by atoms with van der Waals surface area (Å²) in [4.78, 5) is 26.6. The van der Waals surface area contributed by atoms with E-state index in [0.29, 0.717) is 0 Å². The Morgan fingerprint density at radius 3 is 2.71 bits per heavy atom. The molecular weight excluding hydrogens is 300 g/mol. The molecule has 24 heavy (non-hydrogen) atoms. The van der Waals surface area contributed by atoms with Crippen LogP contribution in [0, 0.1) is 0 Å². The lowest BCUT2D eigenvalue weighted by Crippen LogP contribution is -2.27. The lowest BCUT2D eigenvalue weighted by Gasteiger charge is -2.17. The highest BCUT2D eigenvalue weighted by Gasteiger charge is 2.29. The van der Waals surface area contributed by atoms with Crippen molar-refractivity contribution >= 4 is 34.0 Å². The Morgan fingerprint density at radius 1 is 1.21 bits per heavy atom. The fraction of sp³-hybridized carbons (Fsp3) is 0.300. The summed E-state index contributed by atoms with van der Waals surface area (Å²) in [6, 6.07) is 9.51. The second-order valence-corrected chi connectivity index (χ2v) is 6.38. The summed E-state index contributed by atoms with van der Waals surface area (Å²) in [5.74, 6) is -0.0975. The zero-order valence-corrected chi connectivity index (χ0v) is 14.3. The van der Waals surface area contributed by atoms with Gasteiger partial charge in [-0.05, 0) is 38.5 Å². The number of amides is 2.